The van der Waals surface area contributed by atoms with E-state index in [0.717, 1.165) is 31.2 Å². The van der Waals surface area contributed by atoms with Crippen molar-refractivity contribution in [2.75, 3.05) is 7.11 Å². The molecule has 1 unspecified atom stereocenters. The molecule has 1 fully saturated rings. The molecule has 1 saturated carbocycles. The first-order valence-corrected chi connectivity index (χ1v) is 7.63. The molecule has 1 atom stereocenters. The molecule has 1 aliphatic rings. The maximum atomic E-state index is 5.79. The minimum absolute atomic E-state index is 0.260. The molecule has 0 bridgehead atoms. The molecule has 22 heavy (non-hydrogen) atoms. The number of aromatic nitrogens is 3. The Kier molecular flexibility index (Phi) is 4.49. The van der Waals surface area contributed by atoms with Crippen molar-refractivity contribution in [2.45, 2.75) is 50.9 Å². The molecule has 6 heteroatoms. The minimum Gasteiger partial charge on any atom is -0.370 e. The van der Waals surface area contributed by atoms with Gasteiger partial charge >= 0.3 is 0 Å². The predicted octanol–water partition coefficient (Wildman–Crippen LogP) is 3.16. The lowest BCUT2D eigenvalue weighted by atomic mass is 10.0. The quantitative estimate of drug-likeness (QED) is 0.816. The number of hydrogen-bond acceptors (Lipinski definition) is 6. The second kappa shape index (κ2) is 6.54. The van der Waals surface area contributed by atoms with Crippen molar-refractivity contribution in [3.8, 4) is 0 Å². The Labute approximate surface area is 129 Å². The average molecular weight is 303 g/mol. The zero-order valence-electron chi connectivity index (χ0n) is 13.0. The molecule has 0 radical (unpaired) electrons. The summed E-state index contributed by atoms with van der Waals surface area (Å²) >= 11 is 0. The molecule has 1 aliphatic carbocycles. The summed E-state index contributed by atoms with van der Waals surface area (Å²) in [6, 6.07) is 3.84. The standard InChI is InChI=1S/C16H21N3O3/c1-12(21-11-13-5-9-17-10-6-13)14-18-15(19-22-14)16(20-2)7-3-4-8-16/h5-6,9-10,12H,3-4,7-8,11H2,1-2H3. The van der Waals surface area contributed by atoms with Gasteiger partial charge in [0.25, 0.3) is 5.89 Å². The summed E-state index contributed by atoms with van der Waals surface area (Å²) in [5, 5.41) is 4.12. The number of methoxy groups -OCH3 is 1. The van der Waals surface area contributed by atoms with Gasteiger partial charge in [0.15, 0.2) is 0 Å². The molecular weight excluding hydrogens is 282 g/mol. The van der Waals surface area contributed by atoms with Crippen LogP contribution in [0.4, 0.5) is 0 Å². The largest absolute Gasteiger partial charge is 0.370 e. The Morgan fingerprint density at radius 1 is 1.27 bits per heavy atom. The topological polar surface area (TPSA) is 70.3 Å². The van der Waals surface area contributed by atoms with Crippen LogP contribution in [0, 0.1) is 0 Å². The van der Waals surface area contributed by atoms with Crippen LogP contribution in [0.25, 0.3) is 0 Å². The summed E-state index contributed by atoms with van der Waals surface area (Å²) in [5.41, 5.74) is 0.679. The highest BCUT2D eigenvalue weighted by Gasteiger charge is 2.40. The third-order valence-electron chi connectivity index (χ3n) is 4.25. The second-order valence-electron chi connectivity index (χ2n) is 5.67. The lowest BCUT2D eigenvalue weighted by Crippen LogP contribution is -2.26. The fourth-order valence-electron chi connectivity index (χ4n) is 2.82. The molecule has 3 rings (SSSR count). The molecule has 0 aromatic carbocycles. The SMILES string of the molecule is COC1(c2noc(C(C)OCc3ccncc3)n2)CCCC1. The van der Waals surface area contributed by atoms with Crippen LogP contribution in [0.2, 0.25) is 0 Å². The van der Waals surface area contributed by atoms with Gasteiger partial charge in [-0.2, -0.15) is 4.98 Å². The maximum absolute atomic E-state index is 5.79. The predicted molar refractivity (Wildman–Crippen MR) is 78.9 cm³/mol. The normalized spacial score (nSPS) is 18.5. The lowest BCUT2D eigenvalue weighted by Gasteiger charge is -2.22. The number of ether oxygens (including phenoxy) is 2. The third kappa shape index (κ3) is 3.03. The molecule has 2 aromatic rings. The van der Waals surface area contributed by atoms with Crippen molar-refractivity contribution in [2.24, 2.45) is 0 Å². The number of pyridine rings is 1. The fourth-order valence-corrected chi connectivity index (χ4v) is 2.82. The molecule has 2 aromatic heterocycles. The Bertz CT molecular complexity index is 594. The van der Waals surface area contributed by atoms with Crippen molar-refractivity contribution in [1.29, 1.82) is 0 Å². The van der Waals surface area contributed by atoms with E-state index < -0.39 is 0 Å². The third-order valence-corrected chi connectivity index (χ3v) is 4.25. The summed E-state index contributed by atoms with van der Waals surface area (Å²) in [5.74, 6) is 1.13. The van der Waals surface area contributed by atoms with Gasteiger partial charge < -0.3 is 14.0 Å². The van der Waals surface area contributed by atoms with Gasteiger partial charge in [-0.15, -0.1) is 0 Å². The summed E-state index contributed by atoms with van der Waals surface area (Å²) in [7, 11) is 1.71. The summed E-state index contributed by atoms with van der Waals surface area (Å²) < 4.78 is 16.8. The van der Waals surface area contributed by atoms with Gasteiger partial charge in [0, 0.05) is 19.5 Å². The van der Waals surface area contributed by atoms with Gasteiger partial charge in [-0.1, -0.05) is 5.16 Å². The smallest absolute Gasteiger partial charge is 0.255 e. The van der Waals surface area contributed by atoms with E-state index in [1.54, 1.807) is 19.5 Å². The van der Waals surface area contributed by atoms with E-state index in [0.29, 0.717) is 18.3 Å². The van der Waals surface area contributed by atoms with Crippen molar-refractivity contribution < 1.29 is 14.0 Å². The van der Waals surface area contributed by atoms with E-state index in [2.05, 4.69) is 15.1 Å². The van der Waals surface area contributed by atoms with Crippen LogP contribution in [-0.4, -0.2) is 22.2 Å². The Morgan fingerprint density at radius 2 is 2.00 bits per heavy atom. The minimum atomic E-state index is -0.382. The zero-order valence-corrected chi connectivity index (χ0v) is 13.0. The van der Waals surface area contributed by atoms with Crippen molar-refractivity contribution >= 4 is 0 Å². The van der Waals surface area contributed by atoms with Gasteiger partial charge in [-0.25, -0.2) is 0 Å². The number of nitrogens with zero attached hydrogens (tertiary/aromatic N) is 3. The van der Waals surface area contributed by atoms with E-state index in [-0.39, 0.29) is 11.7 Å². The molecule has 0 saturated heterocycles. The average Bonchev–Trinajstić information content (AvgIpc) is 3.23. The van der Waals surface area contributed by atoms with E-state index in [1.807, 2.05) is 19.1 Å². The van der Waals surface area contributed by atoms with E-state index in [4.69, 9.17) is 14.0 Å². The fraction of sp³-hybridized carbons (Fsp3) is 0.562. The lowest BCUT2D eigenvalue weighted by molar-refractivity contribution is -0.0178. The van der Waals surface area contributed by atoms with Crippen molar-refractivity contribution in [3.63, 3.8) is 0 Å². The van der Waals surface area contributed by atoms with Crippen LogP contribution in [0.1, 0.15) is 56.0 Å². The first kappa shape index (κ1) is 15.1. The van der Waals surface area contributed by atoms with Gasteiger partial charge in [-0.3, -0.25) is 4.98 Å². The number of hydrogen-bond donors (Lipinski definition) is 0. The Morgan fingerprint density at radius 3 is 2.68 bits per heavy atom. The van der Waals surface area contributed by atoms with Crippen LogP contribution in [0.5, 0.6) is 0 Å². The van der Waals surface area contributed by atoms with E-state index >= 15 is 0 Å². The number of rotatable bonds is 6. The van der Waals surface area contributed by atoms with Crippen molar-refractivity contribution in [1.82, 2.24) is 15.1 Å². The summed E-state index contributed by atoms with van der Waals surface area (Å²) in [6.45, 7) is 2.39. The highest BCUT2D eigenvalue weighted by atomic mass is 16.5. The van der Waals surface area contributed by atoms with Crippen LogP contribution in [0.15, 0.2) is 29.0 Å². The first-order chi connectivity index (χ1) is 10.7. The van der Waals surface area contributed by atoms with E-state index in [9.17, 15) is 0 Å². The Hall–Kier alpha value is -1.79. The highest BCUT2D eigenvalue weighted by Crippen LogP contribution is 2.40. The first-order valence-electron chi connectivity index (χ1n) is 7.63. The van der Waals surface area contributed by atoms with Gasteiger partial charge in [0.1, 0.15) is 11.7 Å². The summed E-state index contributed by atoms with van der Waals surface area (Å²) in [4.78, 5) is 8.49. The van der Waals surface area contributed by atoms with Crippen LogP contribution >= 0.6 is 0 Å². The Balaban J connectivity index is 1.65. The molecule has 0 aliphatic heterocycles. The molecule has 0 amide bonds. The van der Waals surface area contributed by atoms with Crippen molar-refractivity contribution in [3.05, 3.63) is 41.8 Å². The summed E-state index contributed by atoms with van der Waals surface area (Å²) in [6.07, 6.45) is 7.37. The zero-order chi connectivity index (χ0) is 15.4. The van der Waals surface area contributed by atoms with Crippen LogP contribution in [-0.2, 0) is 21.7 Å². The molecule has 0 spiro atoms. The highest BCUT2D eigenvalue weighted by molar-refractivity contribution is 5.08. The molecule has 0 N–H and O–H groups in total. The maximum Gasteiger partial charge on any atom is 0.255 e. The van der Waals surface area contributed by atoms with E-state index in [1.165, 1.54) is 0 Å². The van der Waals surface area contributed by atoms with Crippen LogP contribution in [0.3, 0.4) is 0 Å². The van der Waals surface area contributed by atoms with Gasteiger partial charge in [0.2, 0.25) is 5.82 Å². The molecular formula is C16H21N3O3. The van der Waals surface area contributed by atoms with Gasteiger partial charge in [0.05, 0.1) is 6.61 Å². The van der Waals surface area contributed by atoms with Gasteiger partial charge in [-0.05, 0) is 50.3 Å². The second-order valence-corrected chi connectivity index (χ2v) is 5.67. The monoisotopic (exact) mass is 303 g/mol. The molecule has 118 valence electrons. The van der Waals surface area contributed by atoms with Crippen LogP contribution < -0.4 is 0 Å². The molecule has 6 nitrogen and oxygen atoms in total. The molecule has 2 heterocycles.